The lowest BCUT2D eigenvalue weighted by Crippen LogP contribution is -2.20. The number of halogens is 1. The molecule has 3 nitrogen and oxygen atoms in total. The molecule has 0 amide bonds. The molecule has 1 aromatic carbocycles. The highest BCUT2D eigenvalue weighted by Crippen LogP contribution is 2.16. The van der Waals surface area contributed by atoms with Crippen LogP contribution in [0.5, 0.6) is 0 Å². The van der Waals surface area contributed by atoms with Gasteiger partial charge in [-0.3, -0.25) is 4.68 Å². The van der Waals surface area contributed by atoms with E-state index in [4.69, 9.17) is 0 Å². The fraction of sp³-hybridized carbons (Fsp3) is 0.400. The minimum absolute atomic E-state index is 0.107. The fourth-order valence-electron chi connectivity index (χ4n) is 2.05. The van der Waals surface area contributed by atoms with E-state index in [0.29, 0.717) is 5.56 Å². The van der Waals surface area contributed by atoms with E-state index in [2.05, 4.69) is 17.3 Å². The Morgan fingerprint density at radius 2 is 2.16 bits per heavy atom. The van der Waals surface area contributed by atoms with Crippen LogP contribution >= 0.6 is 0 Å². The number of nitrogens with one attached hydrogen (secondary N) is 1. The van der Waals surface area contributed by atoms with Gasteiger partial charge in [-0.05, 0) is 44.0 Å². The summed E-state index contributed by atoms with van der Waals surface area (Å²) in [4.78, 5) is 0. The molecule has 1 N–H and O–H groups in total. The molecule has 0 aliphatic heterocycles. The van der Waals surface area contributed by atoms with E-state index in [1.807, 2.05) is 29.8 Å². The lowest BCUT2D eigenvalue weighted by atomic mass is 10.1. The lowest BCUT2D eigenvalue weighted by Gasteiger charge is -2.15. The van der Waals surface area contributed by atoms with Crippen LogP contribution < -0.4 is 5.32 Å². The number of benzene rings is 1. The number of rotatable bonds is 5. The standard InChI is InChI=1S/C15H20FN3/c1-4-19-14(7-8-18-19)10-17-12(3)13-6-5-11(2)15(16)9-13/h5-9,12,17H,4,10H2,1-3H3. The molecule has 102 valence electrons. The van der Waals surface area contributed by atoms with Gasteiger partial charge in [-0.25, -0.2) is 4.39 Å². The molecule has 2 aromatic rings. The summed E-state index contributed by atoms with van der Waals surface area (Å²) in [6.07, 6.45) is 1.80. The van der Waals surface area contributed by atoms with Gasteiger partial charge >= 0.3 is 0 Å². The Morgan fingerprint density at radius 1 is 1.37 bits per heavy atom. The normalized spacial score (nSPS) is 12.6. The molecule has 0 saturated carbocycles. The molecule has 1 unspecified atom stereocenters. The minimum atomic E-state index is -0.148. The molecule has 4 heteroatoms. The summed E-state index contributed by atoms with van der Waals surface area (Å²) in [6, 6.07) is 7.49. The van der Waals surface area contributed by atoms with Crippen molar-refractivity contribution in [3.05, 3.63) is 53.1 Å². The smallest absolute Gasteiger partial charge is 0.126 e. The second kappa shape index (κ2) is 5.97. The molecule has 0 aliphatic rings. The van der Waals surface area contributed by atoms with Crippen LogP contribution in [0.15, 0.2) is 30.5 Å². The number of hydrogen-bond acceptors (Lipinski definition) is 2. The van der Waals surface area contributed by atoms with Crippen molar-refractivity contribution in [3.63, 3.8) is 0 Å². The first-order valence-corrected chi connectivity index (χ1v) is 6.62. The van der Waals surface area contributed by atoms with Gasteiger partial charge in [0.05, 0.1) is 5.69 Å². The first-order chi connectivity index (χ1) is 9.11. The van der Waals surface area contributed by atoms with Crippen LogP contribution in [0.1, 0.15) is 36.7 Å². The highest BCUT2D eigenvalue weighted by atomic mass is 19.1. The summed E-state index contributed by atoms with van der Waals surface area (Å²) in [5.41, 5.74) is 2.78. The third-order valence-corrected chi connectivity index (χ3v) is 3.39. The topological polar surface area (TPSA) is 29.9 Å². The van der Waals surface area contributed by atoms with Gasteiger partial charge in [0, 0.05) is 25.3 Å². The molecule has 0 radical (unpaired) electrons. The van der Waals surface area contributed by atoms with Crippen molar-refractivity contribution in [2.45, 2.75) is 39.9 Å². The Bertz CT molecular complexity index is 548. The zero-order chi connectivity index (χ0) is 13.8. The molecule has 1 aromatic heterocycles. The van der Waals surface area contributed by atoms with Gasteiger partial charge in [0.2, 0.25) is 0 Å². The number of aromatic nitrogens is 2. The van der Waals surface area contributed by atoms with Gasteiger partial charge in [0.25, 0.3) is 0 Å². The van der Waals surface area contributed by atoms with E-state index < -0.39 is 0 Å². The van der Waals surface area contributed by atoms with E-state index in [1.165, 1.54) is 0 Å². The maximum atomic E-state index is 13.5. The van der Waals surface area contributed by atoms with Gasteiger partial charge in [-0.2, -0.15) is 5.10 Å². The van der Waals surface area contributed by atoms with Crippen LogP contribution in [0.2, 0.25) is 0 Å². The second-order valence-electron chi connectivity index (χ2n) is 4.75. The quantitative estimate of drug-likeness (QED) is 0.895. The van der Waals surface area contributed by atoms with Crippen molar-refractivity contribution in [3.8, 4) is 0 Å². The van der Waals surface area contributed by atoms with Gasteiger partial charge in [0.15, 0.2) is 0 Å². The summed E-state index contributed by atoms with van der Waals surface area (Å²) >= 11 is 0. The summed E-state index contributed by atoms with van der Waals surface area (Å²) in [7, 11) is 0. The van der Waals surface area contributed by atoms with Crippen LogP contribution in [0.4, 0.5) is 4.39 Å². The molecule has 2 rings (SSSR count). The Labute approximate surface area is 113 Å². The largest absolute Gasteiger partial charge is 0.305 e. The van der Waals surface area contributed by atoms with E-state index >= 15 is 0 Å². The third-order valence-electron chi connectivity index (χ3n) is 3.39. The van der Waals surface area contributed by atoms with Crippen molar-refractivity contribution in [1.82, 2.24) is 15.1 Å². The van der Waals surface area contributed by atoms with Crippen LogP contribution in [0.3, 0.4) is 0 Å². The molecule has 1 atom stereocenters. The van der Waals surface area contributed by atoms with Crippen molar-refractivity contribution >= 4 is 0 Å². The third kappa shape index (κ3) is 3.20. The van der Waals surface area contributed by atoms with E-state index in [1.54, 1.807) is 19.2 Å². The Morgan fingerprint density at radius 3 is 2.84 bits per heavy atom. The second-order valence-corrected chi connectivity index (χ2v) is 4.75. The molecule has 0 saturated heterocycles. The molecule has 19 heavy (non-hydrogen) atoms. The van der Waals surface area contributed by atoms with Crippen molar-refractivity contribution in [2.24, 2.45) is 0 Å². The summed E-state index contributed by atoms with van der Waals surface area (Å²) < 4.78 is 15.5. The number of hydrogen-bond donors (Lipinski definition) is 1. The van der Waals surface area contributed by atoms with E-state index in [0.717, 1.165) is 24.3 Å². The van der Waals surface area contributed by atoms with Crippen LogP contribution in [0, 0.1) is 12.7 Å². The summed E-state index contributed by atoms with van der Waals surface area (Å²) in [6.45, 7) is 7.46. The summed E-state index contributed by atoms with van der Waals surface area (Å²) in [5.74, 6) is -0.148. The molecular formula is C15H20FN3. The summed E-state index contributed by atoms with van der Waals surface area (Å²) in [5, 5.41) is 7.62. The Balaban J connectivity index is 2.01. The maximum absolute atomic E-state index is 13.5. The highest BCUT2D eigenvalue weighted by molar-refractivity contribution is 5.25. The zero-order valence-electron chi connectivity index (χ0n) is 11.7. The monoisotopic (exact) mass is 261 g/mol. The molecule has 0 bridgehead atoms. The van der Waals surface area contributed by atoms with Gasteiger partial charge in [-0.1, -0.05) is 12.1 Å². The van der Waals surface area contributed by atoms with Crippen molar-refractivity contribution < 1.29 is 4.39 Å². The molecule has 0 spiro atoms. The van der Waals surface area contributed by atoms with Gasteiger partial charge < -0.3 is 5.32 Å². The predicted molar refractivity (Wildman–Crippen MR) is 74.3 cm³/mol. The van der Waals surface area contributed by atoms with E-state index in [9.17, 15) is 4.39 Å². The first kappa shape index (κ1) is 13.7. The van der Waals surface area contributed by atoms with Crippen molar-refractivity contribution in [2.75, 3.05) is 0 Å². The van der Waals surface area contributed by atoms with Crippen LogP contribution in [-0.2, 0) is 13.1 Å². The molecular weight excluding hydrogens is 241 g/mol. The molecule has 0 fully saturated rings. The number of nitrogens with zero attached hydrogens (tertiary/aromatic N) is 2. The van der Waals surface area contributed by atoms with Crippen LogP contribution in [0.25, 0.3) is 0 Å². The van der Waals surface area contributed by atoms with Gasteiger partial charge in [-0.15, -0.1) is 0 Å². The Kier molecular flexibility index (Phi) is 4.32. The highest BCUT2D eigenvalue weighted by Gasteiger charge is 2.08. The van der Waals surface area contributed by atoms with E-state index in [-0.39, 0.29) is 11.9 Å². The maximum Gasteiger partial charge on any atom is 0.126 e. The minimum Gasteiger partial charge on any atom is -0.305 e. The Hall–Kier alpha value is -1.68. The SMILES string of the molecule is CCn1nccc1CNC(C)c1ccc(C)c(F)c1. The average molecular weight is 261 g/mol. The molecule has 0 aliphatic carbocycles. The average Bonchev–Trinajstić information content (AvgIpc) is 2.86. The fourth-order valence-corrected chi connectivity index (χ4v) is 2.05. The van der Waals surface area contributed by atoms with Crippen LogP contribution in [-0.4, -0.2) is 9.78 Å². The predicted octanol–water partition coefficient (Wildman–Crippen LogP) is 3.20. The van der Waals surface area contributed by atoms with Gasteiger partial charge in [0.1, 0.15) is 5.82 Å². The van der Waals surface area contributed by atoms with Crippen molar-refractivity contribution in [1.29, 1.82) is 0 Å². The number of aryl methyl sites for hydroxylation is 2. The zero-order valence-corrected chi connectivity index (χ0v) is 11.7. The first-order valence-electron chi connectivity index (χ1n) is 6.62. The lowest BCUT2D eigenvalue weighted by molar-refractivity contribution is 0.527. The molecule has 1 heterocycles.